The number of aromatic nitrogens is 1. The molecule has 5 nitrogen and oxygen atoms in total. The van der Waals surface area contributed by atoms with Gasteiger partial charge in [-0.25, -0.2) is 0 Å². The van der Waals surface area contributed by atoms with Crippen molar-refractivity contribution >= 4 is 22.9 Å². The molecule has 0 unspecified atom stereocenters. The van der Waals surface area contributed by atoms with Crippen molar-refractivity contribution in [2.75, 3.05) is 18.5 Å². The summed E-state index contributed by atoms with van der Waals surface area (Å²) in [5.41, 5.74) is 5.15. The van der Waals surface area contributed by atoms with Crippen LogP contribution in [0.4, 0.5) is 5.69 Å². The van der Waals surface area contributed by atoms with Crippen molar-refractivity contribution in [3.63, 3.8) is 0 Å². The Morgan fingerprint density at radius 3 is 2.00 bits per heavy atom. The Kier molecular flexibility index (Phi) is 17.3. The minimum Gasteiger partial charge on any atom is -1.00 e. The molecule has 0 bridgehead atoms. The maximum Gasteiger partial charge on any atom is 0.262 e. The van der Waals surface area contributed by atoms with Crippen LogP contribution in [0, 0.1) is 6.92 Å². The Morgan fingerprint density at radius 2 is 1.38 bits per heavy atom. The summed E-state index contributed by atoms with van der Waals surface area (Å²) in [5.74, 6) is 1.10. The molecular weight excluding hydrogens is 584 g/mol. The topological polar surface area (TPSA) is 51.4 Å². The van der Waals surface area contributed by atoms with Crippen molar-refractivity contribution in [3.8, 4) is 11.5 Å². The van der Waals surface area contributed by atoms with Gasteiger partial charge in [0.05, 0.1) is 17.7 Å². The number of hydrogen-bond acceptors (Lipinski definition) is 4. The fourth-order valence-electron chi connectivity index (χ4n) is 4.62. The zero-order chi connectivity index (χ0) is 27.5. The lowest BCUT2D eigenvalue weighted by atomic mass is 10.1. The number of aryl methyl sites for hydroxylation is 1. The Hall–Kier alpha value is -2.38. The lowest BCUT2D eigenvalue weighted by Crippen LogP contribution is -3.00. The molecule has 40 heavy (non-hydrogen) atoms. The molecule has 2 aromatic carbocycles. The largest absolute Gasteiger partial charge is 1.00 e. The van der Waals surface area contributed by atoms with Gasteiger partial charge in [0, 0.05) is 12.5 Å². The number of nitrogens with zero attached hydrogens (tertiary/aromatic N) is 1. The van der Waals surface area contributed by atoms with Gasteiger partial charge in [-0.1, -0.05) is 119 Å². The standard InChI is InChI=1S/C33H46N2O3S.BrH/c1-3-4-5-6-7-8-9-10-11-12-13-18-23-37-31-21-16-17-22-32(31)38-25-33(36)34-30-20-15-14-19-29(30)24-35-27-39-26-28(35)2;/h14-17,19-22,26-27H,3-13,18,23-25H2,1-2H3;1H. The Labute approximate surface area is 256 Å². The van der Waals surface area contributed by atoms with E-state index in [1.54, 1.807) is 11.3 Å². The van der Waals surface area contributed by atoms with E-state index in [1.807, 2.05) is 48.5 Å². The van der Waals surface area contributed by atoms with Crippen LogP contribution in [-0.2, 0) is 11.3 Å². The monoisotopic (exact) mass is 630 g/mol. The number of anilines is 1. The van der Waals surface area contributed by atoms with E-state index in [-0.39, 0.29) is 29.5 Å². The van der Waals surface area contributed by atoms with Crippen molar-refractivity contribution in [2.24, 2.45) is 0 Å². The van der Waals surface area contributed by atoms with Crippen LogP contribution in [-0.4, -0.2) is 19.1 Å². The average Bonchev–Trinajstić information content (AvgIpc) is 3.35. The molecule has 0 aliphatic carbocycles. The molecule has 0 aliphatic heterocycles. The molecule has 1 aromatic heterocycles. The highest BCUT2D eigenvalue weighted by molar-refractivity contribution is 7.07. The number of ether oxygens (including phenoxy) is 2. The minimum atomic E-state index is -0.190. The van der Waals surface area contributed by atoms with Crippen molar-refractivity contribution < 1.29 is 35.8 Å². The number of rotatable bonds is 20. The van der Waals surface area contributed by atoms with Gasteiger partial charge in [-0.15, -0.1) is 0 Å². The number of para-hydroxylation sites is 3. The number of carbonyl (C=O) groups excluding carboxylic acids is 1. The number of carbonyl (C=O) groups is 1. The second-order valence-electron chi connectivity index (χ2n) is 10.3. The Bertz CT molecular complexity index is 1100. The van der Waals surface area contributed by atoms with Crippen LogP contribution in [0.2, 0.25) is 0 Å². The maximum absolute atomic E-state index is 12.7. The normalized spacial score (nSPS) is 10.7. The van der Waals surface area contributed by atoms with Gasteiger partial charge in [0.25, 0.3) is 5.91 Å². The predicted molar refractivity (Wildman–Crippen MR) is 162 cm³/mol. The van der Waals surface area contributed by atoms with Crippen LogP contribution in [0.5, 0.6) is 11.5 Å². The molecule has 0 aliphatic rings. The van der Waals surface area contributed by atoms with Crippen LogP contribution in [0.3, 0.4) is 0 Å². The minimum absolute atomic E-state index is 0. The van der Waals surface area contributed by atoms with Gasteiger partial charge in [0.1, 0.15) is 0 Å². The number of amides is 1. The van der Waals surface area contributed by atoms with E-state index in [1.165, 1.54) is 76.3 Å². The number of thiazole rings is 1. The summed E-state index contributed by atoms with van der Waals surface area (Å²) in [6, 6.07) is 15.5. The SMILES string of the molecule is CCCCCCCCCCCCCCOc1ccccc1OCC(=O)Nc1ccccc1C[n+]1cscc1C.[Br-]. The predicted octanol–water partition coefficient (Wildman–Crippen LogP) is 5.49. The molecule has 0 atom stereocenters. The lowest BCUT2D eigenvalue weighted by molar-refractivity contribution is -0.689. The van der Waals surface area contributed by atoms with E-state index in [2.05, 4.69) is 34.6 Å². The van der Waals surface area contributed by atoms with Gasteiger partial charge in [-0.3, -0.25) is 4.79 Å². The average molecular weight is 632 g/mol. The number of benzene rings is 2. The number of halogens is 1. The van der Waals surface area contributed by atoms with Crippen LogP contribution in [0.25, 0.3) is 0 Å². The fourth-order valence-corrected chi connectivity index (χ4v) is 5.40. The molecule has 1 amide bonds. The summed E-state index contributed by atoms with van der Waals surface area (Å²) < 4.78 is 14.0. The van der Waals surface area contributed by atoms with Crippen molar-refractivity contribution in [3.05, 3.63) is 70.7 Å². The molecule has 1 N–H and O–H groups in total. The van der Waals surface area contributed by atoms with Crippen LogP contribution >= 0.6 is 11.3 Å². The Balaban J connectivity index is 0.00000560. The van der Waals surface area contributed by atoms with Gasteiger partial charge < -0.3 is 31.8 Å². The fraction of sp³-hybridized carbons (Fsp3) is 0.515. The van der Waals surface area contributed by atoms with E-state index in [0.29, 0.717) is 24.7 Å². The molecular formula is C33H47BrN2O3S. The molecule has 3 aromatic rings. The first-order valence-electron chi connectivity index (χ1n) is 14.8. The van der Waals surface area contributed by atoms with Gasteiger partial charge >= 0.3 is 0 Å². The molecule has 220 valence electrons. The zero-order valence-electron chi connectivity index (χ0n) is 24.3. The van der Waals surface area contributed by atoms with Gasteiger partial charge in [0.15, 0.2) is 30.3 Å². The first-order chi connectivity index (χ1) is 19.2. The quantitative estimate of drug-likeness (QED) is 0.133. The molecule has 0 radical (unpaired) electrons. The van der Waals surface area contributed by atoms with Gasteiger partial charge in [0.2, 0.25) is 5.51 Å². The van der Waals surface area contributed by atoms with Crippen molar-refractivity contribution in [1.29, 1.82) is 0 Å². The smallest absolute Gasteiger partial charge is 0.262 e. The molecule has 1 heterocycles. The summed E-state index contributed by atoms with van der Waals surface area (Å²) in [7, 11) is 0. The summed E-state index contributed by atoms with van der Waals surface area (Å²) in [6.45, 7) is 5.66. The second-order valence-corrected chi connectivity index (χ2v) is 11.0. The summed E-state index contributed by atoms with van der Waals surface area (Å²) in [5, 5.41) is 5.13. The third-order valence-corrected chi connectivity index (χ3v) is 7.83. The van der Waals surface area contributed by atoms with E-state index in [4.69, 9.17) is 9.47 Å². The number of nitrogens with one attached hydrogen (secondary N) is 1. The van der Waals surface area contributed by atoms with Crippen LogP contribution in [0.1, 0.15) is 95.2 Å². The third kappa shape index (κ3) is 12.9. The maximum atomic E-state index is 12.7. The lowest BCUT2D eigenvalue weighted by Gasteiger charge is -2.13. The van der Waals surface area contributed by atoms with Gasteiger partial charge in [-0.05, 0) is 24.6 Å². The highest BCUT2D eigenvalue weighted by Gasteiger charge is 2.14. The van der Waals surface area contributed by atoms with E-state index < -0.39 is 0 Å². The van der Waals surface area contributed by atoms with E-state index in [0.717, 1.165) is 17.7 Å². The molecule has 0 fully saturated rings. The van der Waals surface area contributed by atoms with E-state index in [9.17, 15) is 4.79 Å². The summed E-state index contributed by atoms with van der Waals surface area (Å²) >= 11 is 1.67. The van der Waals surface area contributed by atoms with Crippen molar-refractivity contribution in [2.45, 2.75) is 97.4 Å². The third-order valence-electron chi connectivity index (χ3n) is 6.98. The molecule has 0 saturated carbocycles. The molecule has 0 spiro atoms. The van der Waals surface area contributed by atoms with Crippen LogP contribution in [0.15, 0.2) is 59.4 Å². The molecule has 3 rings (SSSR count). The second kappa shape index (κ2) is 20.5. The molecule has 0 saturated heterocycles. The highest BCUT2D eigenvalue weighted by Crippen LogP contribution is 2.27. The van der Waals surface area contributed by atoms with Crippen LogP contribution < -0.4 is 36.3 Å². The Morgan fingerprint density at radius 1 is 0.800 bits per heavy atom. The number of hydrogen-bond donors (Lipinski definition) is 1. The summed E-state index contributed by atoms with van der Waals surface area (Å²) in [4.78, 5) is 12.7. The molecule has 7 heteroatoms. The highest BCUT2D eigenvalue weighted by atomic mass is 79.9. The summed E-state index contributed by atoms with van der Waals surface area (Å²) in [6.07, 6.45) is 15.8. The van der Waals surface area contributed by atoms with Crippen molar-refractivity contribution in [1.82, 2.24) is 0 Å². The van der Waals surface area contributed by atoms with E-state index >= 15 is 0 Å². The van der Waals surface area contributed by atoms with Gasteiger partial charge in [-0.2, -0.15) is 4.57 Å². The first kappa shape index (κ1) is 33.8. The first-order valence-corrected chi connectivity index (χ1v) is 15.8. The zero-order valence-corrected chi connectivity index (χ0v) is 26.7. The number of unbranched alkanes of at least 4 members (excludes halogenated alkanes) is 11.